The molecule has 332 valence electrons. The summed E-state index contributed by atoms with van der Waals surface area (Å²) in [7, 11) is 10.4. The summed E-state index contributed by atoms with van der Waals surface area (Å²) >= 11 is 0. The molecular formula is C50H87N9. The van der Waals surface area contributed by atoms with Crippen LogP contribution in [0.1, 0.15) is 161 Å². The van der Waals surface area contributed by atoms with Crippen LogP contribution in [0.25, 0.3) is 0 Å². The van der Waals surface area contributed by atoms with Crippen molar-refractivity contribution >= 4 is 0 Å². The summed E-state index contributed by atoms with van der Waals surface area (Å²) in [6.45, 7) is 0. The lowest BCUT2D eigenvalue weighted by Gasteiger charge is -2.60. The SMILES string of the molecule is CN1C2CCCCC2NC1C1CC(C2NC3CCCCC3N2C)C(C2NC3CCCCC3N2C)C(N2C3CCCCC3C3CCCCC32)C1C1NC2CCCCC2N1C. The molecule has 59 heavy (non-hydrogen) atoms. The molecule has 20 atom stereocenters. The van der Waals surface area contributed by atoms with Gasteiger partial charge in [-0.05, 0) is 135 Å². The average molecular weight is 814 g/mol. The molecule has 5 heterocycles. The van der Waals surface area contributed by atoms with Gasteiger partial charge in [-0.2, -0.15) is 0 Å². The summed E-state index contributed by atoms with van der Waals surface area (Å²) in [5.74, 6) is 4.28. The van der Waals surface area contributed by atoms with Gasteiger partial charge in [0.05, 0.1) is 24.7 Å². The van der Waals surface area contributed by atoms with Crippen LogP contribution in [0.4, 0.5) is 0 Å². The summed E-state index contributed by atoms with van der Waals surface area (Å²) in [6.07, 6.45) is 37.3. The molecule has 0 aromatic carbocycles. The first-order valence-electron chi connectivity index (χ1n) is 26.7. The van der Waals surface area contributed by atoms with E-state index < -0.39 is 0 Å². The van der Waals surface area contributed by atoms with Crippen molar-refractivity contribution in [3.05, 3.63) is 0 Å². The quantitative estimate of drug-likeness (QED) is 0.255. The van der Waals surface area contributed by atoms with E-state index in [-0.39, 0.29) is 0 Å². The topological polar surface area (TPSA) is 64.3 Å². The number of hydrogen-bond donors (Lipinski definition) is 4. The molecular weight excluding hydrogens is 727 g/mol. The van der Waals surface area contributed by atoms with Crippen molar-refractivity contribution < 1.29 is 0 Å². The Labute approximate surface area is 360 Å². The molecule has 5 aliphatic heterocycles. The van der Waals surface area contributed by atoms with Crippen molar-refractivity contribution in [1.82, 2.24) is 45.8 Å². The maximum absolute atomic E-state index is 4.64. The number of nitrogens with one attached hydrogen (secondary N) is 4. The highest BCUT2D eigenvalue weighted by atomic mass is 15.4. The lowest BCUT2D eigenvalue weighted by Crippen LogP contribution is -2.71. The van der Waals surface area contributed by atoms with Crippen molar-refractivity contribution in [2.45, 2.75) is 252 Å². The van der Waals surface area contributed by atoms with E-state index in [9.17, 15) is 0 Å². The minimum Gasteiger partial charge on any atom is -0.297 e. The van der Waals surface area contributed by atoms with E-state index in [1.165, 1.54) is 161 Å². The highest BCUT2D eigenvalue weighted by molar-refractivity contribution is 5.19. The van der Waals surface area contributed by atoms with Gasteiger partial charge in [-0.15, -0.1) is 0 Å². The number of hydrogen-bond acceptors (Lipinski definition) is 9. The van der Waals surface area contributed by atoms with Gasteiger partial charge < -0.3 is 0 Å². The van der Waals surface area contributed by atoms with Crippen LogP contribution in [0.5, 0.6) is 0 Å². The Bertz CT molecular complexity index is 1380. The van der Waals surface area contributed by atoms with Gasteiger partial charge in [0.25, 0.3) is 0 Å². The molecule has 0 amide bonds. The van der Waals surface area contributed by atoms with Crippen LogP contribution in [0.2, 0.25) is 0 Å². The van der Waals surface area contributed by atoms with Crippen LogP contribution < -0.4 is 21.3 Å². The molecule has 0 radical (unpaired) electrons. The van der Waals surface area contributed by atoms with Crippen LogP contribution in [0.3, 0.4) is 0 Å². The molecule has 12 fully saturated rings. The second-order valence-corrected chi connectivity index (χ2v) is 23.6. The minimum absolute atomic E-state index is 0.454. The van der Waals surface area contributed by atoms with Gasteiger partial charge in [-0.1, -0.05) is 77.0 Å². The van der Waals surface area contributed by atoms with Gasteiger partial charge >= 0.3 is 0 Å². The molecule has 12 rings (SSSR count). The standard InChI is InChI=1S/C50H87N9/c1-55-40-25-13-7-19-34(40)51-47(55)32-29-33(48-52-35-20-8-14-26-41(35)56(48)2)45(50-54-37-22-10-16-28-43(37)58(50)4)46(44(32)49-53-36-21-9-15-27-42(36)57(49)3)59-38-23-11-5-17-30(38)31-18-6-12-24-39(31)59/h30-54H,5-29H2,1-4H3. The monoisotopic (exact) mass is 814 g/mol. The Hall–Kier alpha value is -0.360. The van der Waals surface area contributed by atoms with E-state index in [4.69, 9.17) is 0 Å². The Morgan fingerprint density at radius 1 is 0.305 bits per heavy atom. The number of likely N-dealkylation sites (tertiary alicyclic amines) is 1. The van der Waals surface area contributed by atoms with E-state index in [1.807, 2.05) is 0 Å². The maximum atomic E-state index is 4.64. The van der Waals surface area contributed by atoms with Gasteiger partial charge in [0, 0.05) is 78.3 Å². The molecule has 5 saturated heterocycles. The molecule has 0 aromatic rings. The van der Waals surface area contributed by atoms with Crippen LogP contribution in [0, 0.1) is 35.5 Å². The van der Waals surface area contributed by atoms with E-state index in [0.29, 0.717) is 103 Å². The Balaban J connectivity index is 1.04. The molecule has 9 nitrogen and oxygen atoms in total. The normalized spacial score (nSPS) is 55.0. The highest BCUT2D eigenvalue weighted by Crippen LogP contribution is 2.58. The number of fused-ring (bicyclic) bond motifs is 7. The largest absolute Gasteiger partial charge is 0.297 e. The number of likely N-dealkylation sites (N-methyl/N-ethyl adjacent to an activating group) is 4. The first kappa shape index (κ1) is 40.2. The van der Waals surface area contributed by atoms with E-state index in [2.05, 4.69) is 74.0 Å². The van der Waals surface area contributed by atoms with Crippen LogP contribution in [-0.4, -0.2) is 144 Å². The maximum Gasteiger partial charge on any atom is 0.0648 e. The van der Waals surface area contributed by atoms with Gasteiger partial charge in [0.2, 0.25) is 0 Å². The molecule has 12 aliphatic rings. The predicted octanol–water partition coefficient (Wildman–Crippen LogP) is 6.35. The summed E-state index contributed by atoms with van der Waals surface area (Å²) in [5, 5.41) is 18.4. The number of rotatable bonds is 5. The zero-order chi connectivity index (χ0) is 39.5. The molecule has 0 aromatic heterocycles. The summed E-state index contributed by atoms with van der Waals surface area (Å²) in [6, 6.07) is 7.62. The fourth-order valence-corrected chi connectivity index (χ4v) is 19.0. The minimum atomic E-state index is 0.454. The lowest BCUT2D eigenvalue weighted by atomic mass is 9.59. The van der Waals surface area contributed by atoms with Crippen molar-refractivity contribution in [3.8, 4) is 0 Å². The van der Waals surface area contributed by atoms with Gasteiger partial charge in [0.15, 0.2) is 0 Å². The lowest BCUT2D eigenvalue weighted by molar-refractivity contribution is -0.127. The van der Waals surface area contributed by atoms with E-state index >= 15 is 0 Å². The molecule has 0 spiro atoms. The fourth-order valence-electron chi connectivity index (χ4n) is 19.0. The molecule has 20 unspecified atom stereocenters. The molecule has 7 saturated carbocycles. The van der Waals surface area contributed by atoms with Gasteiger partial charge in [0.1, 0.15) is 0 Å². The first-order chi connectivity index (χ1) is 29.0. The zero-order valence-electron chi connectivity index (χ0n) is 38.0. The summed E-state index contributed by atoms with van der Waals surface area (Å²) in [4.78, 5) is 15.4. The van der Waals surface area contributed by atoms with E-state index in [0.717, 1.165) is 23.9 Å². The van der Waals surface area contributed by atoms with Crippen molar-refractivity contribution in [1.29, 1.82) is 0 Å². The third-order valence-corrected chi connectivity index (χ3v) is 21.4. The molecule has 7 aliphatic carbocycles. The average Bonchev–Trinajstić information content (AvgIpc) is 4.07. The highest BCUT2D eigenvalue weighted by Gasteiger charge is 2.66. The zero-order valence-corrected chi connectivity index (χ0v) is 38.0. The second-order valence-electron chi connectivity index (χ2n) is 23.6. The summed E-state index contributed by atoms with van der Waals surface area (Å²) in [5.41, 5.74) is 0. The van der Waals surface area contributed by atoms with Gasteiger partial charge in [-0.3, -0.25) is 45.8 Å². The summed E-state index contributed by atoms with van der Waals surface area (Å²) < 4.78 is 0. The first-order valence-corrected chi connectivity index (χ1v) is 26.7. The Morgan fingerprint density at radius 3 is 0.949 bits per heavy atom. The predicted molar refractivity (Wildman–Crippen MR) is 239 cm³/mol. The van der Waals surface area contributed by atoms with Crippen LogP contribution >= 0.6 is 0 Å². The fraction of sp³-hybridized carbons (Fsp3) is 1.00. The third kappa shape index (κ3) is 6.50. The van der Waals surface area contributed by atoms with Crippen LogP contribution in [0.15, 0.2) is 0 Å². The van der Waals surface area contributed by atoms with Crippen molar-refractivity contribution in [3.63, 3.8) is 0 Å². The second kappa shape index (κ2) is 16.3. The third-order valence-electron chi connectivity index (χ3n) is 21.4. The van der Waals surface area contributed by atoms with Crippen LogP contribution in [-0.2, 0) is 0 Å². The van der Waals surface area contributed by atoms with Crippen molar-refractivity contribution in [2.24, 2.45) is 35.5 Å². The molecule has 4 N–H and O–H groups in total. The Morgan fingerprint density at radius 2 is 0.593 bits per heavy atom. The molecule has 9 heteroatoms. The number of nitrogens with zero attached hydrogens (tertiary/aromatic N) is 5. The van der Waals surface area contributed by atoms with Gasteiger partial charge in [-0.25, -0.2) is 0 Å². The smallest absolute Gasteiger partial charge is 0.0648 e. The van der Waals surface area contributed by atoms with Crippen molar-refractivity contribution in [2.75, 3.05) is 28.2 Å². The Kier molecular flexibility index (Phi) is 11.1. The van der Waals surface area contributed by atoms with E-state index in [1.54, 1.807) is 0 Å². The molecule has 0 bridgehead atoms.